The third-order valence-electron chi connectivity index (χ3n) is 3.21. The maximum atomic E-state index is 11.9. The Morgan fingerprint density at radius 1 is 1.56 bits per heavy atom. The van der Waals surface area contributed by atoms with Crippen molar-refractivity contribution in [2.24, 2.45) is 0 Å². The molecule has 84 valence electrons. The number of rotatable bonds is 0. The van der Waals surface area contributed by atoms with Gasteiger partial charge in [-0.2, -0.15) is 0 Å². The Balaban J connectivity index is 2.01. The summed E-state index contributed by atoms with van der Waals surface area (Å²) in [5.41, 5.74) is 1.09. The van der Waals surface area contributed by atoms with E-state index < -0.39 is 0 Å². The maximum Gasteiger partial charge on any atom is 0.242 e. The Hall–Kier alpha value is -0.940. The summed E-state index contributed by atoms with van der Waals surface area (Å²) in [7, 11) is 0. The van der Waals surface area contributed by atoms with Crippen molar-refractivity contribution in [3.63, 3.8) is 0 Å². The number of amides is 1. The molecule has 2 aliphatic rings. The number of fused-ring (bicyclic) bond motifs is 2. The van der Waals surface area contributed by atoms with Crippen LogP contribution < -0.4 is 5.32 Å². The first-order chi connectivity index (χ1) is 7.74. The van der Waals surface area contributed by atoms with Gasteiger partial charge in [0.2, 0.25) is 5.91 Å². The summed E-state index contributed by atoms with van der Waals surface area (Å²) in [4.78, 5) is 18.4. The highest BCUT2D eigenvalue weighted by Crippen LogP contribution is 2.28. The lowest BCUT2D eigenvalue weighted by molar-refractivity contribution is -0.120. The molecule has 3 rings (SSSR count). The molecule has 1 atom stereocenters. The van der Waals surface area contributed by atoms with Gasteiger partial charge in [-0.1, -0.05) is 0 Å². The summed E-state index contributed by atoms with van der Waals surface area (Å²) in [6, 6.07) is 2.07. The molecule has 0 bridgehead atoms. The van der Waals surface area contributed by atoms with Gasteiger partial charge in [-0.3, -0.25) is 9.69 Å². The van der Waals surface area contributed by atoms with Crippen LogP contribution in [-0.2, 0) is 11.3 Å². The van der Waals surface area contributed by atoms with Crippen molar-refractivity contribution in [3.05, 3.63) is 22.3 Å². The molecule has 0 radical (unpaired) electrons. The number of halogens is 1. The minimum absolute atomic E-state index is 0.0352. The fraction of sp³-hybridized carbons (Fsp3) is 0.455. The number of nitrogens with one attached hydrogen (secondary N) is 1. The first kappa shape index (κ1) is 10.2. The average molecular weight is 282 g/mol. The van der Waals surface area contributed by atoms with Crippen LogP contribution in [0.5, 0.6) is 0 Å². The SMILES string of the molecule is O=C1Nc2ncc(Br)cc2CN2CCC[C@H]12. The van der Waals surface area contributed by atoms with Crippen LogP contribution in [0.15, 0.2) is 16.7 Å². The van der Waals surface area contributed by atoms with Gasteiger partial charge in [0.25, 0.3) is 0 Å². The van der Waals surface area contributed by atoms with Gasteiger partial charge in [0.15, 0.2) is 0 Å². The van der Waals surface area contributed by atoms with Crippen LogP contribution >= 0.6 is 15.9 Å². The Labute approximate surface area is 102 Å². The molecule has 1 amide bonds. The molecule has 1 aromatic heterocycles. The Morgan fingerprint density at radius 2 is 2.44 bits per heavy atom. The van der Waals surface area contributed by atoms with Crippen LogP contribution in [0.2, 0.25) is 0 Å². The van der Waals surface area contributed by atoms with E-state index in [9.17, 15) is 4.79 Å². The summed E-state index contributed by atoms with van der Waals surface area (Å²) < 4.78 is 0.957. The van der Waals surface area contributed by atoms with Crippen molar-refractivity contribution >= 4 is 27.7 Å². The molecule has 2 aliphatic heterocycles. The van der Waals surface area contributed by atoms with Gasteiger partial charge in [-0.25, -0.2) is 4.98 Å². The number of pyridine rings is 1. The van der Waals surface area contributed by atoms with E-state index in [0.717, 1.165) is 36.0 Å². The molecule has 0 saturated carbocycles. The third kappa shape index (κ3) is 1.64. The smallest absolute Gasteiger partial charge is 0.242 e. The molecule has 0 aliphatic carbocycles. The summed E-state index contributed by atoms with van der Waals surface area (Å²) in [6.45, 7) is 1.81. The topological polar surface area (TPSA) is 45.2 Å². The van der Waals surface area contributed by atoms with Crippen molar-refractivity contribution in [3.8, 4) is 0 Å². The van der Waals surface area contributed by atoms with Gasteiger partial charge in [0, 0.05) is 22.8 Å². The minimum Gasteiger partial charge on any atom is -0.309 e. The van der Waals surface area contributed by atoms with E-state index in [1.165, 1.54) is 0 Å². The van der Waals surface area contributed by atoms with Gasteiger partial charge in [0.05, 0.1) is 6.04 Å². The summed E-state index contributed by atoms with van der Waals surface area (Å²) in [5.74, 6) is 0.800. The van der Waals surface area contributed by atoms with E-state index in [4.69, 9.17) is 0 Å². The highest BCUT2D eigenvalue weighted by atomic mass is 79.9. The van der Waals surface area contributed by atoms with Gasteiger partial charge in [0.1, 0.15) is 5.82 Å². The van der Waals surface area contributed by atoms with Gasteiger partial charge >= 0.3 is 0 Å². The number of aromatic nitrogens is 1. The van der Waals surface area contributed by atoms with Crippen molar-refractivity contribution in [2.75, 3.05) is 11.9 Å². The number of hydrogen-bond donors (Lipinski definition) is 1. The van der Waals surface area contributed by atoms with E-state index in [2.05, 4.69) is 31.1 Å². The predicted molar refractivity (Wildman–Crippen MR) is 64.0 cm³/mol. The molecule has 0 unspecified atom stereocenters. The first-order valence-electron chi connectivity index (χ1n) is 5.43. The molecule has 1 N–H and O–H groups in total. The second-order valence-corrected chi connectivity index (χ2v) is 5.19. The van der Waals surface area contributed by atoms with E-state index >= 15 is 0 Å². The number of carbonyl (C=O) groups excluding carboxylic acids is 1. The van der Waals surface area contributed by atoms with Crippen LogP contribution in [0.25, 0.3) is 0 Å². The standard InChI is InChI=1S/C11H12BrN3O/c12-8-4-7-6-15-3-1-2-9(15)11(16)14-10(7)13-5-8/h4-5,9H,1-3,6H2,(H,13,14,16)/t9-/m1/s1. The summed E-state index contributed by atoms with van der Waals surface area (Å²) in [5, 5.41) is 2.91. The minimum atomic E-state index is 0.0352. The van der Waals surface area contributed by atoms with Gasteiger partial charge < -0.3 is 5.32 Å². The van der Waals surface area contributed by atoms with Gasteiger partial charge in [-0.15, -0.1) is 0 Å². The Morgan fingerprint density at radius 3 is 3.31 bits per heavy atom. The summed E-state index contributed by atoms with van der Waals surface area (Å²) >= 11 is 3.41. The Kier molecular flexibility index (Phi) is 2.44. The molecule has 0 aromatic carbocycles. The zero-order valence-corrected chi connectivity index (χ0v) is 10.3. The number of carbonyl (C=O) groups is 1. The monoisotopic (exact) mass is 281 g/mol. The van der Waals surface area contributed by atoms with E-state index in [-0.39, 0.29) is 11.9 Å². The zero-order chi connectivity index (χ0) is 11.1. The van der Waals surface area contributed by atoms with Crippen LogP contribution in [0.1, 0.15) is 18.4 Å². The van der Waals surface area contributed by atoms with Crippen LogP contribution in [0.4, 0.5) is 5.82 Å². The quantitative estimate of drug-likeness (QED) is 0.788. The maximum absolute atomic E-state index is 11.9. The van der Waals surface area contributed by atoms with Crippen molar-refractivity contribution in [1.82, 2.24) is 9.88 Å². The molecule has 0 spiro atoms. The molecule has 4 nitrogen and oxygen atoms in total. The largest absolute Gasteiger partial charge is 0.309 e. The van der Waals surface area contributed by atoms with Crippen molar-refractivity contribution < 1.29 is 4.79 Å². The molecule has 1 aromatic rings. The van der Waals surface area contributed by atoms with Crippen LogP contribution in [-0.4, -0.2) is 28.4 Å². The fourth-order valence-electron chi connectivity index (χ4n) is 2.45. The van der Waals surface area contributed by atoms with Crippen molar-refractivity contribution in [1.29, 1.82) is 0 Å². The molecular weight excluding hydrogens is 270 g/mol. The molecule has 3 heterocycles. The third-order valence-corrected chi connectivity index (χ3v) is 3.65. The zero-order valence-electron chi connectivity index (χ0n) is 8.74. The fourth-order valence-corrected chi connectivity index (χ4v) is 2.82. The molecule has 1 fully saturated rings. The van der Waals surface area contributed by atoms with Crippen LogP contribution in [0.3, 0.4) is 0 Å². The molecule has 1 saturated heterocycles. The Bertz CT molecular complexity index is 449. The second-order valence-electron chi connectivity index (χ2n) is 4.28. The normalized spacial score (nSPS) is 24.6. The lowest BCUT2D eigenvalue weighted by atomic mass is 10.2. The van der Waals surface area contributed by atoms with E-state index in [1.807, 2.05) is 6.07 Å². The highest BCUT2D eigenvalue weighted by Gasteiger charge is 2.34. The van der Waals surface area contributed by atoms with Crippen LogP contribution in [0, 0.1) is 0 Å². The number of anilines is 1. The lowest BCUT2D eigenvalue weighted by Crippen LogP contribution is -2.36. The second kappa shape index (κ2) is 3.82. The van der Waals surface area contributed by atoms with Gasteiger partial charge in [-0.05, 0) is 41.4 Å². The number of nitrogens with zero attached hydrogens (tertiary/aromatic N) is 2. The molecule has 16 heavy (non-hydrogen) atoms. The lowest BCUT2D eigenvalue weighted by Gasteiger charge is -2.19. The highest BCUT2D eigenvalue weighted by molar-refractivity contribution is 9.10. The first-order valence-corrected chi connectivity index (χ1v) is 6.23. The van der Waals surface area contributed by atoms with E-state index in [1.54, 1.807) is 6.20 Å². The van der Waals surface area contributed by atoms with E-state index in [0.29, 0.717) is 5.82 Å². The summed E-state index contributed by atoms with van der Waals surface area (Å²) in [6.07, 6.45) is 3.78. The predicted octanol–water partition coefficient (Wildman–Crippen LogP) is 1.76. The molecular formula is C11H12BrN3O. The number of hydrogen-bond acceptors (Lipinski definition) is 3. The van der Waals surface area contributed by atoms with Crippen molar-refractivity contribution in [2.45, 2.75) is 25.4 Å². The molecule has 5 heteroatoms. The average Bonchev–Trinajstić information content (AvgIpc) is 2.65.